The van der Waals surface area contributed by atoms with Crippen molar-refractivity contribution in [3.05, 3.63) is 22.6 Å². The fourth-order valence-electron chi connectivity index (χ4n) is 2.05. The Morgan fingerprint density at radius 2 is 2.12 bits per heavy atom. The fourth-order valence-corrected chi connectivity index (χ4v) is 2.24. The molecule has 0 aromatic carbocycles. The van der Waals surface area contributed by atoms with E-state index in [9.17, 15) is 4.79 Å². The summed E-state index contributed by atoms with van der Waals surface area (Å²) in [7, 11) is 0. The molecule has 88 valence electrons. The smallest absolute Gasteiger partial charge is 0.198 e. The largest absolute Gasteiger partial charge is 0.441 e. The van der Waals surface area contributed by atoms with Crippen LogP contribution in [0.4, 0.5) is 0 Å². The lowest BCUT2D eigenvalue weighted by Crippen LogP contribution is -2.28. The number of carbonyl (C=O) groups excluding carboxylic acids is 1. The first-order valence-corrected chi connectivity index (χ1v) is 6.06. The molecule has 0 unspecified atom stereocenters. The number of carbonyl (C=O) groups is 1. The lowest BCUT2D eigenvalue weighted by atomic mass is 10.1. The minimum Gasteiger partial charge on any atom is -0.441 e. The first kappa shape index (κ1) is 11.7. The minimum absolute atomic E-state index is 0.0770. The summed E-state index contributed by atoms with van der Waals surface area (Å²) in [5.74, 6) is 0.281. The molecular weight excluding hydrogens is 226 g/mol. The van der Waals surface area contributed by atoms with Gasteiger partial charge in [-0.25, -0.2) is 0 Å². The number of piperidine rings is 1. The Morgan fingerprint density at radius 3 is 2.69 bits per heavy atom. The molecule has 3 nitrogen and oxygen atoms in total. The van der Waals surface area contributed by atoms with Crippen molar-refractivity contribution in [2.24, 2.45) is 0 Å². The van der Waals surface area contributed by atoms with E-state index in [2.05, 4.69) is 4.90 Å². The average Bonchev–Trinajstić information content (AvgIpc) is 2.62. The highest BCUT2D eigenvalue weighted by molar-refractivity contribution is 6.29. The van der Waals surface area contributed by atoms with E-state index in [0.717, 1.165) is 25.2 Å². The lowest BCUT2D eigenvalue weighted by Gasteiger charge is -2.25. The number of hydrogen-bond donors (Lipinski definition) is 0. The molecule has 16 heavy (non-hydrogen) atoms. The van der Waals surface area contributed by atoms with Gasteiger partial charge in [-0.15, -0.1) is 0 Å². The predicted octanol–water partition coefficient (Wildman–Crippen LogP) is 3.12. The number of rotatable bonds is 3. The van der Waals surface area contributed by atoms with Crippen molar-refractivity contribution < 1.29 is 9.21 Å². The topological polar surface area (TPSA) is 33.5 Å². The van der Waals surface area contributed by atoms with Crippen LogP contribution in [0.5, 0.6) is 0 Å². The second kappa shape index (κ2) is 5.02. The van der Waals surface area contributed by atoms with Crippen LogP contribution in [0.3, 0.4) is 0 Å². The van der Waals surface area contributed by atoms with Gasteiger partial charge in [0.1, 0.15) is 0 Å². The van der Waals surface area contributed by atoms with Gasteiger partial charge in [0.25, 0.3) is 0 Å². The van der Waals surface area contributed by atoms with Crippen molar-refractivity contribution >= 4 is 17.4 Å². The summed E-state index contributed by atoms with van der Waals surface area (Å²) in [6, 6.07) is 1.76. The molecule has 0 amide bonds. The van der Waals surface area contributed by atoms with Gasteiger partial charge < -0.3 is 4.42 Å². The van der Waals surface area contributed by atoms with Gasteiger partial charge in [-0.1, -0.05) is 6.42 Å². The van der Waals surface area contributed by atoms with E-state index in [1.54, 1.807) is 6.07 Å². The second-order valence-electron chi connectivity index (χ2n) is 4.30. The monoisotopic (exact) mass is 241 g/mol. The van der Waals surface area contributed by atoms with E-state index in [4.69, 9.17) is 16.0 Å². The molecule has 2 heterocycles. The summed E-state index contributed by atoms with van der Waals surface area (Å²) in [6.07, 6.45) is 3.80. The van der Waals surface area contributed by atoms with Crippen molar-refractivity contribution in [2.45, 2.75) is 32.7 Å². The Morgan fingerprint density at radius 1 is 1.44 bits per heavy atom. The normalized spacial score (nSPS) is 17.6. The molecule has 4 heteroatoms. The molecule has 1 fully saturated rings. The molecule has 1 saturated heterocycles. The Balaban J connectivity index is 2.05. The molecule has 0 spiro atoms. The van der Waals surface area contributed by atoms with E-state index < -0.39 is 0 Å². The van der Waals surface area contributed by atoms with Crippen molar-refractivity contribution in [3.8, 4) is 0 Å². The van der Waals surface area contributed by atoms with Crippen molar-refractivity contribution in [1.29, 1.82) is 0 Å². The number of furan rings is 1. The molecule has 0 saturated carbocycles. The van der Waals surface area contributed by atoms with Crippen LogP contribution in [0.2, 0.25) is 5.22 Å². The van der Waals surface area contributed by atoms with E-state index in [1.165, 1.54) is 26.2 Å². The summed E-state index contributed by atoms with van der Waals surface area (Å²) in [5, 5.41) is 0.357. The number of Topliss-reactive ketones (excluding diaryl/α,β-unsaturated/α-hetero) is 1. The first-order valence-electron chi connectivity index (χ1n) is 5.68. The maximum atomic E-state index is 11.1. The Bertz CT molecular complexity index is 380. The summed E-state index contributed by atoms with van der Waals surface area (Å²) >= 11 is 5.96. The zero-order valence-electron chi connectivity index (χ0n) is 9.46. The minimum atomic E-state index is -0.0770. The van der Waals surface area contributed by atoms with Gasteiger partial charge in [0.2, 0.25) is 0 Å². The number of halogens is 1. The Hall–Kier alpha value is -0.800. The molecule has 0 bridgehead atoms. The van der Waals surface area contributed by atoms with Crippen molar-refractivity contribution in [2.75, 3.05) is 13.1 Å². The third kappa shape index (κ3) is 2.66. The van der Waals surface area contributed by atoms with Crippen LogP contribution in [-0.2, 0) is 6.54 Å². The van der Waals surface area contributed by atoms with Crippen LogP contribution in [0.25, 0.3) is 0 Å². The third-order valence-corrected chi connectivity index (χ3v) is 3.27. The van der Waals surface area contributed by atoms with Crippen molar-refractivity contribution in [1.82, 2.24) is 4.90 Å². The highest BCUT2D eigenvalue weighted by atomic mass is 35.5. The summed E-state index contributed by atoms with van der Waals surface area (Å²) in [6.45, 7) is 4.49. The summed E-state index contributed by atoms with van der Waals surface area (Å²) < 4.78 is 5.21. The molecule has 1 aromatic heterocycles. The molecule has 1 aromatic rings. The van der Waals surface area contributed by atoms with Crippen molar-refractivity contribution in [3.63, 3.8) is 0 Å². The highest BCUT2D eigenvalue weighted by Crippen LogP contribution is 2.24. The molecule has 1 aliphatic heterocycles. The Labute approximate surface area is 100 Å². The Kier molecular flexibility index (Phi) is 3.66. The standard InChI is InChI=1S/C12H16ClNO2/c1-9(15)11-7-10(12(13)16-11)8-14-5-3-2-4-6-14/h7H,2-6,8H2,1H3. The van der Waals surface area contributed by atoms with Crippen LogP contribution in [0, 0.1) is 0 Å². The quantitative estimate of drug-likeness (QED) is 0.763. The van der Waals surface area contributed by atoms with Gasteiger partial charge >= 0.3 is 0 Å². The zero-order chi connectivity index (χ0) is 11.5. The number of ketones is 1. The maximum Gasteiger partial charge on any atom is 0.198 e. The predicted molar refractivity (Wildman–Crippen MR) is 62.9 cm³/mol. The van der Waals surface area contributed by atoms with Crippen LogP contribution in [-0.4, -0.2) is 23.8 Å². The first-order chi connectivity index (χ1) is 7.66. The average molecular weight is 242 g/mol. The number of hydrogen-bond acceptors (Lipinski definition) is 3. The molecular formula is C12H16ClNO2. The highest BCUT2D eigenvalue weighted by Gasteiger charge is 2.16. The van der Waals surface area contributed by atoms with Gasteiger partial charge in [0.05, 0.1) is 0 Å². The summed E-state index contributed by atoms with van der Waals surface area (Å²) in [5.41, 5.74) is 0.925. The fraction of sp³-hybridized carbons (Fsp3) is 0.583. The van der Waals surface area contributed by atoms with Crippen LogP contribution < -0.4 is 0 Å². The van der Waals surface area contributed by atoms with Gasteiger partial charge in [-0.3, -0.25) is 9.69 Å². The zero-order valence-corrected chi connectivity index (χ0v) is 10.2. The number of nitrogens with zero attached hydrogens (tertiary/aromatic N) is 1. The van der Waals surface area contributed by atoms with E-state index in [-0.39, 0.29) is 5.78 Å². The maximum absolute atomic E-state index is 11.1. The van der Waals surface area contributed by atoms with Crippen LogP contribution in [0.15, 0.2) is 10.5 Å². The number of likely N-dealkylation sites (tertiary alicyclic amines) is 1. The van der Waals surface area contributed by atoms with E-state index >= 15 is 0 Å². The summed E-state index contributed by atoms with van der Waals surface area (Å²) in [4.78, 5) is 13.5. The van der Waals surface area contributed by atoms with Gasteiger partial charge in [-0.05, 0) is 43.6 Å². The second-order valence-corrected chi connectivity index (χ2v) is 4.65. The molecule has 0 N–H and O–H groups in total. The van der Waals surface area contributed by atoms with Gasteiger partial charge in [0.15, 0.2) is 16.8 Å². The van der Waals surface area contributed by atoms with Crippen LogP contribution in [0.1, 0.15) is 42.3 Å². The molecule has 0 atom stereocenters. The lowest BCUT2D eigenvalue weighted by molar-refractivity contribution is 0.0987. The molecule has 1 aliphatic rings. The molecule has 2 rings (SSSR count). The molecule has 0 radical (unpaired) electrons. The SMILES string of the molecule is CC(=O)c1cc(CN2CCCCC2)c(Cl)o1. The van der Waals surface area contributed by atoms with Gasteiger partial charge in [-0.2, -0.15) is 0 Å². The van der Waals surface area contributed by atoms with Crippen LogP contribution >= 0.6 is 11.6 Å². The van der Waals surface area contributed by atoms with E-state index in [0.29, 0.717) is 11.0 Å². The van der Waals surface area contributed by atoms with E-state index in [1.807, 2.05) is 0 Å². The van der Waals surface area contributed by atoms with Gasteiger partial charge in [0, 0.05) is 19.0 Å². The third-order valence-electron chi connectivity index (χ3n) is 2.95. The molecule has 0 aliphatic carbocycles.